The zero-order valence-corrected chi connectivity index (χ0v) is 22.4. The Balaban J connectivity index is 1.53. The molecule has 0 unspecified atom stereocenters. The normalized spacial score (nSPS) is 16.4. The van der Waals surface area contributed by atoms with Crippen LogP contribution in [-0.2, 0) is 27.8 Å². The van der Waals surface area contributed by atoms with Crippen molar-refractivity contribution >= 4 is 60.8 Å². The third-order valence-electron chi connectivity index (χ3n) is 6.13. The number of hydrogen-bond acceptors (Lipinski definition) is 5. The minimum atomic E-state index is -3.60. The van der Waals surface area contributed by atoms with Gasteiger partial charge in [0, 0.05) is 36.3 Å². The van der Waals surface area contributed by atoms with E-state index in [0.29, 0.717) is 31.0 Å². The molecule has 0 radical (unpaired) electrons. The maximum Gasteiger partial charge on any atom is 0.251 e. The van der Waals surface area contributed by atoms with E-state index in [1.807, 2.05) is 0 Å². The van der Waals surface area contributed by atoms with Gasteiger partial charge >= 0.3 is 0 Å². The minimum Gasteiger partial charge on any atom is -0.316 e. The molecule has 0 N–H and O–H groups in total. The fraction of sp³-hybridized carbons (Fsp3) is 0.417. The Morgan fingerprint density at radius 1 is 1.18 bits per heavy atom. The molecule has 6 nitrogen and oxygen atoms in total. The van der Waals surface area contributed by atoms with Crippen LogP contribution in [0, 0.1) is 5.92 Å². The van der Waals surface area contributed by atoms with Crippen molar-refractivity contribution in [3.8, 4) is 0 Å². The van der Waals surface area contributed by atoms with Crippen molar-refractivity contribution < 1.29 is 13.2 Å². The number of sulfonamides is 1. The summed E-state index contributed by atoms with van der Waals surface area (Å²) in [5.74, 6) is 0.495. The van der Waals surface area contributed by atoms with E-state index in [-0.39, 0.29) is 16.7 Å². The smallest absolute Gasteiger partial charge is 0.251 e. The van der Waals surface area contributed by atoms with Crippen LogP contribution in [0.25, 0.3) is 10.2 Å². The number of carbonyl (C=O) groups excluding carboxylic acids is 1. The number of benzene rings is 2. The number of piperidine rings is 1. The summed E-state index contributed by atoms with van der Waals surface area (Å²) in [4.78, 5) is 18.6. The second-order valence-electron chi connectivity index (χ2n) is 8.27. The molecule has 10 heteroatoms. The molecule has 2 heterocycles. The molecule has 1 saturated heterocycles. The third kappa shape index (κ3) is 5.44. The molecule has 34 heavy (non-hydrogen) atoms. The summed E-state index contributed by atoms with van der Waals surface area (Å²) in [5, 5.41) is 0.492. The molecule has 0 aliphatic carbocycles. The van der Waals surface area contributed by atoms with E-state index in [0.717, 1.165) is 33.7 Å². The predicted octanol–water partition coefficient (Wildman–Crippen LogP) is 4.81. The van der Waals surface area contributed by atoms with Gasteiger partial charge in [0.25, 0.3) is 5.91 Å². The number of hydrogen-bond donors (Lipinski definition) is 0. The van der Waals surface area contributed by atoms with Gasteiger partial charge in [-0.15, -0.1) is 0 Å². The van der Waals surface area contributed by atoms with Crippen LogP contribution >= 0.6 is 34.7 Å². The van der Waals surface area contributed by atoms with Gasteiger partial charge < -0.3 is 4.57 Å². The molecule has 1 fully saturated rings. The van der Waals surface area contributed by atoms with Gasteiger partial charge in [0.05, 0.1) is 15.1 Å². The molecule has 182 valence electrons. The number of halogens is 1. The Morgan fingerprint density at radius 2 is 1.88 bits per heavy atom. The van der Waals surface area contributed by atoms with Gasteiger partial charge in [-0.3, -0.25) is 4.79 Å². The van der Waals surface area contributed by atoms with Crippen LogP contribution in [0.5, 0.6) is 0 Å². The van der Waals surface area contributed by atoms with Gasteiger partial charge in [0.2, 0.25) is 10.0 Å². The molecule has 1 aliphatic rings. The lowest BCUT2D eigenvalue weighted by molar-refractivity contribution is -0.122. The van der Waals surface area contributed by atoms with E-state index < -0.39 is 10.0 Å². The van der Waals surface area contributed by atoms with Crippen molar-refractivity contribution in [1.29, 1.82) is 0 Å². The molecule has 1 aromatic heterocycles. The van der Waals surface area contributed by atoms with Gasteiger partial charge in [-0.2, -0.15) is 21.1 Å². The molecular weight excluding hydrogens is 510 g/mol. The van der Waals surface area contributed by atoms with Crippen molar-refractivity contribution in [3.63, 3.8) is 0 Å². The predicted molar refractivity (Wildman–Crippen MR) is 141 cm³/mol. The molecule has 0 saturated carbocycles. The Bertz CT molecular complexity index is 1340. The zero-order valence-electron chi connectivity index (χ0n) is 19.2. The number of amides is 1. The first-order valence-electron chi connectivity index (χ1n) is 11.3. The first kappa shape index (κ1) is 25.4. The number of thioether (sulfide) groups is 1. The van der Waals surface area contributed by atoms with Gasteiger partial charge in [-0.05, 0) is 67.5 Å². The fourth-order valence-electron chi connectivity index (χ4n) is 4.11. The summed E-state index contributed by atoms with van der Waals surface area (Å²) < 4.78 is 30.6. The Labute approximate surface area is 213 Å². The highest BCUT2D eigenvalue weighted by Gasteiger charge is 2.32. The van der Waals surface area contributed by atoms with Crippen molar-refractivity contribution in [2.75, 3.05) is 25.1 Å². The number of aromatic nitrogens is 1. The summed E-state index contributed by atoms with van der Waals surface area (Å²) >= 11 is 9.20. The maximum atomic E-state index is 13.1. The Kier molecular flexibility index (Phi) is 8.20. The molecule has 1 aliphatic heterocycles. The van der Waals surface area contributed by atoms with Gasteiger partial charge in [-0.25, -0.2) is 8.42 Å². The Hall–Kier alpha value is -1.65. The van der Waals surface area contributed by atoms with E-state index in [1.54, 1.807) is 35.2 Å². The number of rotatable bonds is 7. The largest absolute Gasteiger partial charge is 0.316 e. The molecule has 4 rings (SSSR count). The first-order chi connectivity index (χ1) is 16.3. The van der Waals surface area contributed by atoms with Crippen molar-refractivity contribution in [2.24, 2.45) is 10.9 Å². The lowest BCUT2D eigenvalue weighted by Crippen LogP contribution is -2.40. The highest BCUT2D eigenvalue weighted by atomic mass is 35.5. The summed E-state index contributed by atoms with van der Waals surface area (Å²) in [6.45, 7) is 3.52. The summed E-state index contributed by atoms with van der Waals surface area (Å²) in [6.07, 6.45) is 3.95. The van der Waals surface area contributed by atoms with Crippen LogP contribution in [0.4, 0.5) is 0 Å². The van der Waals surface area contributed by atoms with E-state index in [2.05, 4.69) is 40.9 Å². The van der Waals surface area contributed by atoms with E-state index >= 15 is 0 Å². The first-order valence-corrected chi connectivity index (χ1v) is 15.3. The average molecular weight is 538 g/mol. The fourth-order valence-corrected chi connectivity index (χ4v) is 7.19. The monoisotopic (exact) mass is 537 g/mol. The molecule has 2 aromatic carbocycles. The van der Waals surface area contributed by atoms with Crippen LogP contribution in [0.15, 0.2) is 52.4 Å². The standard InChI is InChI=1S/C24H28ClN3O3S3/c1-3-17-4-9-21-22(16-17)33-24(28(21)14-15-32-2)26-23(29)18-10-12-27(13-11-18)34(30,31)20-7-5-19(25)6-8-20/h4-9,16,18H,3,10-15H2,1-2H3. The van der Waals surface area contributed by atoms with Crippen LogP contribution in [0.3, 0.4) is 0 Å². The average Bonchev–Trinajstić information content (AvgIpc) is 3.18. The van der Waals surface area contributed by atoms with E-state index in [1.165, 1.54) is 22.0 Å². The second-order valence-corrected chi connectivity index (χ2v) is 12.6. The van der Waals surface area contributed by atoms with Gasteiger partial charge in [0.15, 0.2) is 4.80 Å². The van der Waals surface area contributed by atoms with Crippen LogP contribution in [0.1, 0.15) is 25.3 Å². The molecule has 0 atom stereocenters. The molecular formula is C24H28ClN3O3S3. The topological polar surface area (TPSA) is 71.7 Å². The summed E-state index contributed by atoms with van der Waals surface area (Å²) in [7, 11) is -3.60. The summed E-state index contributed by atoms with van der Waals surface area (Å²) in [5.41, 5.74) is 2.37. The number of aryl methyl sites for hydroxylation is 2. The molecule has 0 spiro atoms. The van der Waals surface area contributed by atoms with Gasteiger partial charge in [0.1, 0.15) is 0 Å². The number of carbonyl (C=O) groups is 1. The number of nitrogens with zero attached hydrogens (tertiary/aromatic N) is 3. The van der Waals surface area contributed by atoms with E-state index in [4.69, 9.17) is 11.6 Å². The SMILES string of the molecule is CCc1ccc2c(c1)sc(=NC(=O)C1CCN(S(=O)(=O)c3ccc(Cl)cc3)CC1)n2CCSC. The minimum absolute atomic E-state index is 0.163. The highest BCUT2D eigenvalue weighted by molar-refractivity contribution is 7.98. The van der Waals surface area contributed by atoms with Crippen molar-refractivity contribution in [2.45, 2.75) is 37.6 Å². The highest BCUT2D eigenvalue weighted by Crippen LogP contribution is 2.26. The van der Waals surface area contributed by atoms with Gasteiger partial charge in [-0.1, -0.05) is 35.9 Å². The van der Waals surface area contributed by atoms with Crippen molar-refractivity contribution in [3.05, 3.63) is 57.9 Å². The maximum absolute atomic E-state index is 13.1. The quantitative estimate of drug-likeness (QED) is 0.433. The van der Waals surface area contributed by atoms with Crippen molar-refractivity contribution in [1.82, 2.24) is 8.87 Å². The van der Waals surface area contributed by atoms with Crippen LogP contribution in [-0.4, -0.2) is 48.3 Å². The second kappa shape index (κ2) is 11.0. The molecule has 3 aromatic rings. The van der Waals surface area contributed by atoms with E-state index in [9.17, 15) is 13.2 Å². The third-order valence-corrected chi connectivity index (χ3v) is 9.93. The molecule has 0 bridgehead atoms. The summed E-state index contributed by atoms with van der Waals surface area (Å²) in [6, 6.07) is 12.6. The molecule has 1 amide bonds. The Morgan fingerprint density at radius 3 is 2.53 bits per heavy atom. The number of thiazole rings is 1. The lowest BCUT2D eigenvalue weighted by atomic mass is 9.98. The van der Waals surface area contributed by atoms with Crippen LogP contribution in [0.2, 0.25) is 5.02 Å². The zero-order chi connectivity index (χ0) is 24.3. The number of fused-ring (bicyclic) bond motifs is 1. The lowest BCUT2D eigenvalue weighted by Gasteiger charge is -2.29. The van der Waals surface area contributed by atoms with Crippen LogP contribution < -0.4 is 4.80 Å².